The largest absolute Gasteiger partial charge is 0.383 e. The van der Waals surface area contributed by atoms with Gasteiger partial charge < -0.3 is 15.5 Å². The van der Waals surface area contributed by atoms with Crippen molar-refractivity contribution < 1.29 is 4.74 Å². The van der Waals surface area contributed by atoms with Gasteiger partial charge in [-0.05, 0) is 19.3 Å². The minimum absolute atomic E-state index is 0.148. The Morgan fingerprint density at radius 3 is 2.50 bits per heavy atom. The van der Waals surface area contributed by atoms with Crippen LogP contribution in [0, 0.1) is 5.92 Å². The van der Waals surface area contributed by atoms with E-state index in [0.29, 0.717) is 30.2 Å². The SMILES string of the molecule is CCCc1c(N)nc(C(OCC)C(C)C)[nH]c1=O. The summed E-state index contributed by atoms with van der Waals surface area (Å²) >= 11 is 0. The molecular formula is C13H23N3O2. The third-order valence-electron chi connectivity index (χ3n) is 2.79. The molecule has 5 nitrogen and oxygen atoms in total. The van der Waals surface area contributed by atoms with Crippen molar-refractivity contribution in [2.75, 3.05) is 12.3 Å². The number of nitrogens with one attached hydrogen (secondary N) is 1. The number of hydrogen-bond donors (Lipinski definition) is 2. The molecule has 0 amide bonds. The smallest absolute Gasteiger partial charge is 0.256 e. The minimum atomic E-state index is -0.222. The van der Waals surface area contributed by atoms with E-state index < -0.39 is 0 Å². The van der Waals surface area contributed by atoms with Crippen molar-refractivity contribution in [1.82, 2.24) is 9.97 Å². The molecule has 0 spiro atoms. The summed E-state index contributed by atoms with van der Waals surface area (Å²) in [6.07, 6.45) is 1.30. The quantitative estimate of drug-likeness (QED) is 0.813. The van der Waals surface area contributed by atoms with E-state index in [9.17, 15) is 4.79 Å². The average Bonchev–Trinajstić information content (AvgIpc) is 2.30. The van der Waals surface area contributed by atoms with E-state index in [1.807, 2.05) is 27.7 Å². The summed E-state index contributed by atoms with van der Waals surface area (Å²) in [7, 11) is 0. The topological polar surface area (TPSA) is 81.0 Å². The van der Waals surface area contributed by atoms with E-state index in [0.717, 1.165) is 6.42 Å². The Morgan fingerprint density at radius 1 is 1.39 bits per heavy atom. The number of nitrogens with zero attached hydrogens (tertiary/aromatic N) is 1. The molecule has 1 atom stereocenters. The van der Waals surface area contributed by atoms with E-state index >= 15 is 0 Å². The van der Waals surface area contributed by atoms with Crippen molar-refractivity contribution in [1.29, 1.82) is 0 Å². The van der Waals surface area contributed by atoms with Crippen LogP contribution in [0.25, 0.3) is 0 Å². The van der Waals surface area contributed by atoms with Gasteiger partial charge in [-0.15, -0.1) is 0 Å². The van der Waals surface area contributed by atoms with Gasteiger partial charge in [-0.1, -0.05) is 27.2 Å². The first-order chi connectivity index (χ1) is 8.51. The van der Waals surface area contributed by atoms with Crippen LogP contribution in [0.1, 0.15) is 51.6 Å². The number of aromatic amines is 1. The summed E-state index contributed by atoms with van der Waals surface area (Å²) in [6, 6.07) is 0. The molecule has 0 aliphatic heterocycles. The molecule has 1 aromatic rings. The minimum Gasteiger partial charge on any atom is -0.383 e. The molecule has 5 heteroatoms. The van der Waals surface area contributed by atoms with Gasteiger partial charge in [0, 0.05) is 6.61 Å². The predicted molar refractivity (Wildman–Crippen MR) is 72.5 cm³/mol. The molecule has 0 aromatic carbocycles. The van der Waals surface area contributed by atoms with Gasteiger partial charge in [-0.3, -0.25) is 4.79 Å². The zero-order valence-electron chi connectivity index (χ0n) is 11.6. The lowest BCUT2D eigenvalue weighted by Crippen LogP contribution is -2.24. The van der Waals surface area contributed by atoms with E-state index in [-0.39, 0.29) is 17.6 Å². The third kappa shape index (κ3) is 3.32. The van der Waals surface area contributed by atoms with Gasteiger partial charge in [0.05, 0.1) is 5.56 Å². The van der Waals surface area contributed by atoms with Crippen molar-refractivity contribution in [3.8, 4) is 0 Å². The molecule has 1 unspecified atom stereocenters. The number of rotatable bonds is 6. The summed E-state index contributed by atoms with van der Waals surface area (Å²) in [5.74, 6) is 1.07. The van der Waals surface area contributed by atoms with Crippen molar-refractivity contribution >= 4 is 5.82 Å². The summed E-state index contributed by atoms with van der Waals surface area (Å²) in [5.41, 5.74) is 6.28. The molecule has 1 rings (SSSR count). The van der Waals surface area contributed by atoms with Crippen LogP contribution in [-0.2, 0) is 11.2 Å². The Hall–Kier alpha value is -1.36. The Bertz CT molecular complexity index is 440. The van der Waals surface area contributed by atoms with Gasteiger partial charge in [0.2, 0.25) is 0 Å². The van der Waals surface area contributed by atoms with Gasteiger partial charge in [-0.2, -0.15) is 0 Å². The first-order valence-electron chi connectivity index (χ1n) is 6.51. The molecule has 3 N–H and O–H groups in total. The zero-order chi connectivity index (χ0) is 13.7. The molecular weight excluding hydrogens is 230 g/mol. The number of hydrogen-bond acceptors (Lipinski definition) is 4. The Balaban J connectivity index is 3.14. The van der Waals surface area contributed by atoms with Gasteiger partial charge in [0.1, 0.15) is 17.7 Å². The maximum absolute atomic E-state index is 12.0. The van der Waals surface area contributed by atoms with Crippen LogP contribution in [0.2, 0.25) is 0 Å². The van der Waals surface area contributed by atoms with E-state index in [1.165, 1.54) is 0 Å². The number of H-pyrrole nitrogens is 1. The van der Waals surface area contributed by atoms with Crippen LogP contribution in [0.3, 0.4) is 0 Å². The number of ether oxygens (including phenoxy) is 1. The van der Waals surface area contributed by atoms with Gasteiger partial charge in [0.25, 0.3) is 5.56 Å². The number of aromatic nitrogens is 2. The highest BCUT2D eigenvalue weighted by Gasteiger charge is 2.20. The van der Waals surface area contributed by atoms with E-state index in [1.54, 1.807) is 0 Å². The average molecular weight is 253 g/mol. The maximum Gasteiger partial charge on any atom is 0.256 e. The third-order valence-corrected chi connectivity index (χ3v) is 2.79. The monoisotopic (exact) mass is 253 g/mol. The van der Waals surface area contributed by atoms with E-state index in [4.69, 9.17) is 10.5 Å². The lowest BCUT2D eigenvalue weighted by molar-refractivity contribution is 0.0231. The highest BCUT2D eigenvalue weighted by atomic mass is 16.5. The molecule has 102 valence electrons. The van der Waals surface area contributed by atoms with Crippen molar-refractivity contribution in [3.05, 3.63) is 21.7 Å². The maximum atomic E-state index is 12.0. The summed E-state index contributed by atoms with van der Waals surface area (Å²) in [5, 5.41) is 0. The molecule has 0 saturated carbocycles. The van der Waals surface area contributed by atoms with Crippen LogP contribution >= 0.6 is 0 Å². The summed E-state index contributed by atoms with van der Waals surface area (Å²) in [6.45, 7) is 8.54. The molecule has 1 heterocycles. The summed E-state index contributed by atoms with van der Waals surface area (Å²) in [4.78, 5) is 19.0. The second kappa shape index (κ2) is 6.54. The molecule has 0 fully saturated rings. The Labute approximate surface area is 108 Å². The number of anilines is 1. The van der Waals surface area contributed by atoms with Crippen molar-refractivity contribution in [3.63, 3.8) is 0 Å². The number of nitrogen functional groups attached to an aromatic ring is 1. The first kappa shape index (κ1) is 14.7. The Kier molecular flexibility index (Phi) is 5.34. The fourth-order valence-electron chi connectivity index (χ4n) is 1.93. The zero-order valence-corrected chi connectivity index (χ0v) is 11.6. The van der Waals surface area contributed by atoms with Gasteiger partial charge in [-0.25, -0.2) is 4.98 Å². The lowest BCUT2D eigenvalue weighted by Gasteiger charge is -2.20. The molecule has 0 aliphatic rings. The highest BCUT2D eigenvalue weighted by molar-refractivity contribution is 5.37. The van der Waals surface area contributed by atoms with Gasteiger partial charge in [0.15, 0.2) is 0 Å². The molecule has 18 heavy (non-hydrogen) atoms. The standard InChI is InChI=1S/C13H23N3O2/c1-5-7-9-11(14)15-12(16-13(9)17)10(8(3)4)18-6-2/h8,10H,5-7H2,1-4H3,(H3,14,15,16,17). The first-order valence-corrected chi connectivity index (χ1v) is 6.51. The van der Waals surface area contributed by atoms with Crippen molar-refractivity contribution in [2.24, 2.45) is 5.92 Å². The van der Waals surface area contributed by atoms with Crippen LogP contribution < -0.4 is 11.3 Å². The van der Waals surface area contributed by atoms with Crippen LogP contribution in [0.15, 0.2) is 4.79 Å². The highest BCUT2D eigenvalue weighted by Crippen LogP contribution is 2.23. The Morgan fingerprint density at radius 2 is 2.06 bits per heavy atom. The second-order valence-corrected chi connectivity index (χ2v) is 4.68. The second-order valence-electron chi connectivity index (χ2n) is 4.68. The van der Waals surface area contributed by atoms with E-state index in [2.05, 4.69) is 9.97 Å². The molecule has 0 radical (unpaired) electrons. The van der Waals surface area contributed by atoms with Crippen molar-refractivity contribution in [2.45, 2.75) is 46.6 Å². The fraction of sp³-hybridized carbons (Fsp3) is 0.692. The van der Waals surface area contributed by atoms with Crippen LogP contribution in [0.4, 0.5) is 5.82 Å². The number of nitrogens with two attached hydrogens (primary N) is 1. The summed E-state index contributed by atoms with van der Waals surface area (Å²) < 4.78 is 5.61. The predicted octanol–water partition coefficient (Wildman–Crippen LogP) is 2.04. The molecule has 0 aliphatic carbocycles. The normalized spacial score (nSPS) is 12.9. The van der Waals surface area contributed by atoms with Crippen LogP contribution in [0.5, 0.6) is 0 Å². The lowest BCUT2D eigenvalue weighted by atomic mass is 10.1. The molecule has 0 bridgehead atoms. The molecule has 1 aromatic heterocycles. The van der Waals surface area contributed by atoms with Crippen LogP contribution in [-0.4, -0.2) is 16.6 Å². The molecule has 0 saturated heterocycles. The van der Waals surface area contributed by atoms with Gasteiger partial charge >= 0.3 is 0 Å². The fourth-order valence-corrected chi connectivity index (χ4v) is 1.93.